The number of aromatic hydroxyl groups is 1. The summed E-state index contributed by atoms with van der Waals surface area (Å²) in [6.45, 7) is 3.45. The lowest BCUT2D eigenvalue weighted by Gasteiger charge is -2.16. The number of nitrogens with one attached hydrogen (secondary N) is 1. The molecule has 1 aromatic rings. The molecule has 0 aliphatic heterocycles. The molecule has 0 heterocycles. The van der Waals surface area contributed by atoms with Crippen molar-refractivity contribution in [2.75, 3.05) is 7.11 Å². The highest BCUT2D eigenvalue weighted by atomic mass is 16.5. The summed E-state index contributed by atoms with van der Waals surface area (Å²) >= 11 is 0. The molecule has 2 unspecified atom stereocenters. The number of ether oxygens (including phenoxy) is 1. The predicted octanol–water partition coefficient (Wildman–Crippen LogP) is 1.29. The number of carbonyl (C=O) groups is 1. The van der Waals surface area contributed by atoms with E-state index in [4.69, 9.17) is 4.74 Å². The number of benzene rings is 1. The second kappa shape index (κ2) is 6.26. The number of hydrogen-bond donors (Lipinski definition) is 3. The molecule has 1 amide bonds. The molecule has 100 valence electrons. The number of aliphatic hydroxyl groups is 1. The summed E-state index contributed by atoms with van der Waals surface area (Å²) in [5, 5.41) is 21.7. The minimum Gasteiger partial charge on any atom is -0.504 e. The number of phenols is 1. The third kappa shape index (κ3) is 3.63. The third-order valence-electron chi connectivity index (χ3n) is 2.54. The smallest absolute Gasteiger partial charge is 0.255 e. The number of para-hydroxylation sites is 1. The second-order valence-corrected chi connectivity index (χ2v) is 4.32. The molecule has 0 fully saturated rings. The monoisotopic (exact) mass is 253 g/mol. The van der Waals surface area contributed by atoms with Crippen LogP contribution in [0.4, 0.5) is 0 Å². The Kier molecular flexibility index (Phi) is 4.97. The van der Waals surface area contributed by atoms with Gasteiger partial charge < -0.3 is 20.3 Å². The molecule has 0 radical (unpaired) electrons. The van der Waals surface area contributed by atoms with Gasteiger partial charge in [0.2, 0.25) is 0 Å². The van der Waals surface area contributed by atoms with E-state index in [2.05, 4.69) is 5.32 Å². The Balaban J connectivity index is 2.78. The van der Waals surface area contributed by atoms with Gasteiger partial charge >= 0.3 is 0 Å². The van der Waals surface area contributed by atoms with E-state index in [1.165, 1.54) is 13.2 Å². The highest BCUT2D eigenvalue weighted by Gasteiger charge is 2.17. The van der Waals surface area contributed by atoms with Gasteiger partial charge in [-0.2, -0.15) is 0 Å². The van der Waals surface area contributed by atoms with Crippen molar-refractivity contribution in [2.24, 2.45) is 0 Å². The van der Waals surface area contributed by atoms with E-state index < -0.39 is 6.10 Å². The summed E-state index contributed by atoms with van der Waals surface area (Å²) in [5.41, 5.74) is 0.159. The van der Waals surface area contributed by atoms with Gasteiger partial charge in [0.05, 0.1) is 18.8 Å². The van der Waals surface area contributed by atoms with Gasteiger partial charge in [-0.1, -0.05) is 6.07 Å². The molecule has 3 N–H and O–H groups in total. The van der Waals surface area contributed by atoms with Gasteiger partial charge in [0.25, 0.3) is 5.91 Å². The van der Waals surface area contributed by atoms with Crippen LogP contribution < -0.4 is 10.1 Å². The van der Waals surface area contributed by atoms with Crippen LogP contribution >= 0.6 is 0 Å². The van der Waals surface area contributed by atoms with Crippen molar-refractivity contribution in [1.29, 1.82) is 0 Å². The van der Waals surface area contributed by atoms with Gasteiger partial charge in [-0.15, -0.1) is 0 Å². The molecule has 0 bridgehead atoms. The number of phenolic OH excluding ortho intramolecular Hbond substituents is 1. The Bertz CT molecular complexity index is 417. The minimum absolute atomic E-state index is 0.159. The average molecular weight is 253 g/mol. The fraction of sp³-hybridized carbons (Fsp3) is 0.462. The predicted molar refractivity (Wildman–Crippen MR) is 67.9 cm³/mol. The van der Waals surface area contributed by atoms with Crippen LogP contribution in [0.2, 0.25) is 0 Å². The normalized spacial score (nSPS) is 13.8. The maximum Gasteiger partial charge on any atom is 0.255 e. The first kappa shape index (κ1) is 14.3. The molecular weight excluding hydrogens is 234 g/mol. The topological polar surface area (TPSA) is 78.8 Å². The first-order valence-electron chi connectivity index (χ1n) is 5.80. The van der Waals surface area contributed by atoms with Crippen LogP contribution in [-0.2, 0) is 0 Å². The quantitative estimate of drug-likeness (QED) is 0.739. The lowest BCUT2D eigenvalue weighted by Crippen LogP contribution is -2.34. The fourth-order valence-corrected chi connectivity index (χ4v) is 1.74. The Morgan fingerprint density at radius 3 is 2.67 bits per heavy atom. The summed E-state index contributed by atoms with van der Waals surface area (Å²) < 4.78 is 4.94. The Morgan fingerprint density at radius 2 is 2.11 bits per heavy atom. The van der Waals surface area contributed by atoms with Crippen LogP contribution in [0.1, 0.15) is 30.6 Å². The highest BCUT2D eigenvalue weighted by molar-refractivity contribution is 5.97. The Labute approximate surface area is 106 Å². The van der Waals surface area contributed by atoms with Crippen molar-refractivity contribution in [2.45, 2.75) is 32.4 Å². The molecule has 0 saturated carbocycles. The fourth-order valence-electron chi connectivity index (χ4n) is 1.74. The Morgan fingerprint density at radius 1 is 1.44 bits per heavy atom. The van der Waals surface area contributed by atoms with Crippen molar-refractivity contribution < 1.29 is 19.7 Å². The molecule has 1 rings (SSSR count). The largest absolute Gasteiger partial charge is 0.504 e. The van der Waals surface area contributed by atoms with E-state index >= 15 is 0 Å². The maximum atomic E-state index is 11.9. The van der Waals surface area contributed by atoms with Crippen molar-refractivity contribution in [3.63, 3.8) is 0 Å². The SMILES string of the molecule is COc1cccc(C(=O)NC(C)CC(C)O)c1O. The molecule has 0 aliphatic rings. The molecule has 18 heavy (non-hydrogen) atoms. The van der Waals surface area contributed by atoms with Crippen LogP contribution in [-0.4, -0.2) is 35.4 Å². The number of rotatable bonds is 5. The first-order chi connectivity index (χ1) is 8.45. The molecule has 0 aliphatic carbocycles. The summed E-state index contributed by atoms with van der Waals surface area (Å²) in [4.78, 5) is 11.9. The highest BCUT2D eigenvalue weighted by Crippen LogP contribution is 2.29. The van der Waals surface area contributed by atoms with Crippen LogP contribution in [0.5, 0.6) is 11.5 Å². The standard InChI is InChI=1S/C13H19NO4/c1-8(7-9(2)15)14-13(17)10-5-4-6-11(18-3)12(10)16/h4-6,8-9,15-16H,7H2,1-3H3,(H,14,17). The first-order valence-corrected chi connectivity index (χ1v) is 5.80. The summed E-state index contributed by atoms with van der Waals surface area (Å²) in [6.07, 6.45) is -0.0320. The van der Waals surface area contributed by atoms with Gasteiger partial charge in [0, 0.05) is 6.04 Å². The van der Waals surface area contributed by atoms with Crippen LogP contribution in [0.3, 0.4) is 0 Å². The number of methoxy groups -OCH3 is 1. The van der Waals surface area contributed by atoms with E-state index in [0.717, 1.165) is 0 Å². The molecular formula is C13H19NO4. The molecule has 0 spiro atoms. The van der Waals surface area contributed by atoms with Crippen LogP contribution in [0.15, 0.2) is 18.2 Å². The van der Waals surface area contributed by atoms with Crippen LogP contribution in [0, 0.1) is 0 Å². The number of carbonyl (C=O) groups excluding carboxylic acids is 1. The van der Waals surface area contributed by atoms with Gasteiger partial charge in [0.15, 0.2) is 11.5 Å². The molecule has 2 atom stereocenters. The van der Waals surface area contributed by atoms with Crippen molar-refractivity contribution in [1.82, 2.24) is 5.32 Å². The van der Waals surface area contributed by atoms with Crippen molar-refractivity contribution >= 4 is 5.91 Å². The zero-order chi connectivity index (χ0) is 13.7. The van der Waals surface area contributed by atoms with Gasteiger partial charge in [-0.3, -0.25) is 4.79 Å². The van der Waals surface area contributed by atoms with Gasteiger partial charge in [0.1, 0.15) is 0 Å². The second-order valence-electron chi connectivity index (χ2n) is 4.32. The van der Waals surface area contributed by atoms with E-state index in [1.54, 1.807) is 26.0 Å². The lowest BCUT2D eigenvalue weighted by molar-refractivity contribution is 0.0920. The zero-order valence-corrected chi connectivity index (χ0v) is 10.8. The third-order valence-corrected chi connectivity index (χ3v) is 2.54. The van der Waals surface area contributed by atoms with Crippen molar-refractivity contribution in [3.05, 3.63) is 23.8 Å². The van der Waals surface area contributed by atoms with Crippen molar-refractivity contribution in [3.8, 4) is 11.5 Å². The lowest BCUT2D eigenvalue weighted by atomic mass is 10.1. The van der Waals surface area contributed by atoms with Crippen LogP contribution in [0.25, 0.3) is 0 Å². The molecule has 5 heteroatoms. The molecule has 5 nitrogen and oxygen atoms in total. The maximum absolute atomic E-state index is 11.9. The average Bonchev–Trinajstić information content (AvgIpc) is 2.27. The van der Waals surface area contributed by atoms with E-state index in [9.17, 15) is 15.0 Å². The number of aliphatic hydroxyl groups excluding tert-OH is 1. The molecule has 0 saturated heterocycles. The van der Waals surface area contributed by atoms with E-state index in [-0.39, 0.29) is 29.0 Å². The zero-order valence-electron chi connectivity index (χ0n) is 10.8. The summed E-state index contributed by atoms with van der Waals surface area (Å²) in [7, 11) is 1.42. The number of hydrogen-bond acceptors (Lipinski definition) is 4. The number of amides is 1. The molecule has 1 aromatic carbocycles. The summed E-state index contributed by atoms with van der Waals surface area (Å²) in [6, 6.07) is 4.54. The minimum atomic E-state index is -0.487. The van der Waals surface area contributed by atoms with Gasteiger partial charge in [-0.25, -0.2) is 0 Å². The Hall–Kier alpha value is -1.75. The summed E-state index contributed by atoms with van der Waals surface area (Å²) in [5.74, 6) is -0.313. The van der Waals surface area contributed by atoms with E-state index in [1.807, 2.05) is 0 Å². The van der Waals surface area contributed by atoms with E-state index in [0.29, 0.717) is 6.42 Å². The molecule has 0 aromatic heterocycles. The van der Waals surface area contributed by atoms with Gasteiger partial charge in [-0.05, 0) is 32.4 Å².